The summed E-state index contributed by atoms with van der Waals surface area (Å²) in [5.41, 5.74) is 0.840. The molecule has 4 rings (SSSR count). The average Bonchev–Trinajstić information content (AvgIpc) is 3.49. The highest BCUT2D eigenvalue weighted by Gasteiger charge is 2.29. The number of sulfonamides is 2. The Morgan fingerprint density at radius 3 is 2.26 bits per heavy atom. The molecule has 1 aliphatic rings. The number of benzene rings is 3. The first kappa shape index (κ1) is 28.9. The van der Waals surface area contributed by atoms with Crippen LogP contribution in [0.25, 0.3) is 0 Å². The first-order chi connectivity index (χ1) is 18.6. The van der Waals surface area contributed by atoms with Crippen LogP contribution in [0.15, 0.2) is 82.6 Å². The van der Waals surface area contributed by atoms with Crippen molar-refractivity contribution in [2.75, 3.05) is 37.1 Å². The summed E-state index contributed by atoms with van der Waals surface area (Å²) in [5, 5.41) is 3.06. The van der Waals surface area contributed by atoms with Crippen LogP contribution in [0.4, 0.5) is 5.69 Å². The van der Waals surface area contributed by atoms with Gasteiger partial charge in [-0.15, -0.1) is 0 Å². The van der Waals surface area contributed by atoms with E-state index in [-0.39, 0.29) is 22.9 Å². The van der Waals surface area contributed by atoms with Gasteiger partial charge in [0.1, 0.15) is 18.9 Å². The number of nitrogens with zero attached hydrogens (tertiary/aromatic N) is 2. The minimum Gasteiger partial charge on any atom is -0.492 e. The summed E-state index contributed by atoms with van der Waals surface area (Å²) in [6.07, 6.45) is 1.72. The van der Waals surface area contributed by atoms with Crippen molar-refractivity contribution in [2.24, 2.45) is 0 Å². The Hall–Kier alpha value is -3.12. The fourth-order valence-corrected chi connectivity index (χ4v) is 7.40. The normalized spacial score (nSPS) is 14.2. The molecule has 0 aliphatic carbocycles. The van der Waals surface area contributed by atoms with Crippen LogP contribution in [-0.4, -0.2) is 59.8 Å². The van der Waals surface area contributed by atoms with E-state index in [0.717, 1.165) is 17.1 Å². The number of rotatable bonds is 11. The zero-order chi connectivity index (χ0) is 28.0. The Morgan fingerprint density at radius 1 is 0.923 bits per heavy atom. The molecule has 1 heterocycles. The van der Waals surface area contributed by atoms with Crippen molar-refractivity contribution in [2.45, 2.75) is 29.6 Å². The summed E-state index contributed by atoms with van der Waals surface area (Å²) in [4.78, 5) is 13.1. The minimum atomic E-state index is -4.05. The maximum atomic E-state index is 13.5. The summed E-state index contributed by atoms with van der Waals surface area (Å²) in [7, 11) is -7.56. The smallest absolute Gasteiger partial charge is 0.264 e. The van der Waals surface area contributed by atoms with Gasteiger partial charge in [0.05, 0.1) is 22.0 Å². The molecule has 0 aromatic heterocycles. The Bertz CT molecular complexity index is 1510. The molecule has 3 aromatic rings. The van der Waals surface area contributed by atoms with Crippen LogP contribution in [0.5, 0.6) is 5.75 Å². The topological polar surface area (TPSA) is 113 Å². The molecular formula is C27H30ClN3O6S2. The number of hydrogen-bond acceptors (Lipinski definition) is 6. The second kappa shape index (κ2) is 12.4. The van der Waals surface area contributed by atoms with Crippen molar-refractivity contribution >= 4 is 43.2 Å². The predicted octanol–water partition coefficient (Wildman–Crippen LogP) is 3.82. The molecule has 9 nitrogen and oxygen atoms in total. The van der Waals surface area contributed by atoms with Gasteiger partial charge in [0, 0.05) is 18.1 Å². The summed E-state index contributed by atoms with van der Waals surface area (Å²) in [6.45, 7) is 2.51. The molecule has 1 saturated heterocycles. The van der Waals surface area contributed by atoms with Gasteiger partial charge in [0.25, 0.3) is 10.0 Å². The number of nitrogens with one attached hydrogen (secondary N) is 1. The van der Waals surface area contributed by atoms with Crippen LogP contribution in [0.1, 0.15) is 18.4 Å². The molecule has 1 fully saturated rings. The molecule has 39 heavy (non-hydrogen) atoms. The van der Waals surface area contributed by atoms with E-state index in [1.165, 1.54) is 28.6 Å². The van der Waals surface area contributed by atoms with E-state index in [2.05, 4.69) is 5.32 Å². The number of amides is 1. The van der Waals surface area contributed by atoms with E-state index >= 15 is 0 Å². The molecule has 0 bridgehead atoms. The Labute approximate surface area is 234 Å². The lowest BCUT2D eigenvalue weighted by atomic mass is 10.2. The number of carbonyl (C=O) groups excluding carboxylic acids is 1. The minimum absolute atomic E-state index is 0.0516. The van der Waals surface area contributed by atoms with Gasteiger partial charge in [0.2, 0.25) is 15.9 Å². The monoisotopic (exact) mass is 591 g/mol. The van der Waals surface area contributed by atoms with Gasteiger partial charge in [-0.3, -0.25) is 9.10 Å². The molecular weight excluding hydrogens is 562 g/mol. The van der Waals surface area contributed by atoms with Gasteiger partial charge in [-0.2, -0.15) is 4.31 Å². The quantitative estimate of drug-likeness (QED) is 0.339. The lowest BCUT2D eigenvalue weighted by molar-refractivity contribution is -0.119. The van der Waals surface area contributed by atoms with E-state index in [1.54, 1.807) is 55.5 Å². The van der Waals surface area contributed by atoms with Crippen molar-refractivity contribution in [1.29, 1.82) is 0 Å². The van der Waals surface area contributed by atoms with E-state index < -0.39 is 32.5 Å². The van der Waals surface area contributed by atoms with Gasteiger partial charge in [0.15, 0.2) is 0 Å². The van der Waals surface area contributed by atoms with Crippen molar-refractivity contribution in [1.82, 2.24) is 9.62 Å². The van der Waals surface area contributed by atoms with E-state index in [4.69, 9.17) is 16.3 Å². The fraction of sp³-hybridized carbons (Fsp3) is 0.296. The molecule has 0 unspecified atom stereocenters. The second-order valence-electron chi connectivity index (χ2n) is 8.99. The molecule has 1 N–H and O–H groups in total. The maximum absolute atomic E-state index is 13.5. The number of halogens is 1. The highest BCUT2D eigenvalue weighted by Crippen LogP contribution is 2.30. The average molecular weight is 592 g/mol. The number of carbonyl (C=O) groups is 1. The van der Waals surface area contributed by atoms with Crippen molar-refractivity contribution in [3.8, 4) is 5.75 Å². The van der Waals surface area contributed by atoms with Crippen LogP contribution in [-0.2, 0) is 24.8 Å². The molecule has 208 valence electrons. The van der Waals surface area contributed by atoms with Gasteiger partial charge in [-0.25, -0.2) is 16.8 Å². The van der Waals surface area contributed by atoms with Crippen molar-refractivity contribution < 1.29 is 26.4 Å². The molecule has 0 saturated carbocycles. The SMILES string of the molecule is Cc1c(Cl)cccc1N(CC(=O)NCCOc1ccc(S(=O)(=O)N2CCCC2)cc1)S(=O)(=O)c1ccccc1. The summed E-state index contributed by atoms with van der Waals surface area (Å²) >= 11 is 6.24. The molecule has 0 spiro atoms. The lowest BCUT2D eigenvalue weighted by Gasteiger charge is -2.26. The largest absolute Gasteiger partial charge is 0.492 e. The van der Waals surface area contributed by atoms with E-state index in [0.29, 0.717) is 35.1 Å². The molecule has 0 radical (unpaired) electrons. The molecule has 12 heteroatoms. The zero-order valence-electron chi connectivity index (χ0n) is 21.4. The van der Waals surface area contributed by atoms with Crippen molar-refractivity contribution in [3.63, 3.8) is 0 Å². The highest BCUT2D eigenvalue weighted by molar-refractivity contribution is 7.92. The van der Waals surface area contributed by atoms with Gasteiger partial charge in [-0.1, -0.05) is 35.9 Å². The standard InChI is InChI=1S/C27H30ClN3O6S2/c1-21-25(28)10-7-11-26(21)31(39(35,36)23-8-3-2-4-9-23)20-27(32)29-16-19-37-22-12-14-24(15-13-22)38(33,34)30-17-5-6-18-30/h2-4,7-15H,5-6,16-20H2,1H3,(H,29,32). The number of ether oxygens (including phenoxy) is 1. The van der Waals surface area contributed by atoms with Gasteiger partial charge in [-0.05, 0) is 73.9 Å². The van der Waals surface area contributed by atoms with Gasteiger partial charge < -0.3 is 10.1 Å². The van der Waals surface area contributed by atoms with E-state index in [1.807, 2.05) is 0 Å². The van der Waals surface area contributed by atoms with Crippen LogP contribution in [0.2, 0.25) is 5.02 Å². The first-order valence-corrected chi connectivity index (χ1v) is 15.7. The first-order valence-electron chi connectivity index (χ1n) is 12.4. The third-order valence-corrected chi connectivity index (χ3v) is 10.4. The van der Waals surface area contributed by atoms with Crippen LogP contribution in [0.3, 0.4) is 0 Å². The van der Waals surface area contributed by atoms with Crippen LogP contribution < -0.4 is 14.4 Å². The van der Waals surface area contributed by atoms with Crippen LogP contribution >= 0.6 is 11.6 Å². The van der Waals surface area contributed by atoms with Gasteiger partial charge >= 0.3 is 0 Å². The second-order valence-corrected chi connectivity index (χ2v) is 13.2. The molecule has 1 amide bonds. The van der Waals surface area contributed by atoms with Crippen LogP contribution in [0, 0.1) is 6.92 Å². The lowest BCUT2D eigenvalue weighted by Crippen LogP contribution is -2.42. The third kappa shape index (κ3) is 6.73. The fourth-order valence-electron chi connectivity index (χ4n) is 4.22. The maximum Gasteiger partial charge on any atom is 0.264 e. The number of hydrogen-bond donors (Lipinski definition) is 1. The Morgan fingerprint density at radius 2 is 1.59 bits per heavy atom. The Balaban J connectivity index is 1.37. The Kier molecular flexibility index (Phi) is 9.16. The summed E-state index contributed by atoms with van der Waals surface area (Å²) in [5.74, 6) is -0.0722. The third-order valence-electron chi connectivity index (χ3n) is 6.35. The van der Waals surface area contributed by atoms with E-state index in [9.17, 15) is 21.6 Å². The number of anilines is 1. The van der Waals surface area contributed by atoms with Crippen molar-refractivity contribution in [3.05, 3.63) is 83.4 Å². The molecule has 0 atom stereocenters. The summed E-state index contributed by atoms with van der Waals surface area (Å²) in [6, 6.07) is 18.9. The summed E-state index contributed by atoms with van der Waals surface area (Å²) < 4.78 is 60.4. The molecule has 1 aliphatic heterocycles. The highest BCUT2D eigenvalue weighted by atomic mass is 35.5. The predicted molar refractivity (Wildman–Crippen MR) is 150 cm³/mol. The zero-order valence-corrected chi connectivity index (χ0v) is 23.8. The molecule has 3 aromatic carbocycles.